The van der Waals surface area contributed by atoms with E-state index in [1.165, 1.54) is 7.11 Å². The molecule has 5 heteroatoms. The molecule has 0 heterocycles. The van der Waals surface area contributed by atoms with E-state index in [-0.39, 0.29) is 5.75 Å². The molecule has 1 N–H and O–H groups in total. The van der Waals surface area contributed by atoms with E-state index in [9.17, 15) is 8.42 Å². The first-order valence-corrected chi connectivity index (χ1v) is 5.24. The van der Waals surface area contributed by atoms with E-state index in [2.05, 4.69) is 9.46 Å². The molecule has 0 saturated carbocycles. The fourth-order valence-electron chi connectivity index (χ4n) is 0.640. The first kappa shape index (κ1) is 10.9. The Kier molecular flexibility index (Phi) is 5.45. The number of rotatable bonds is 6. The molecule has 0 aromatic heterocycles. The van der Waals surface area contributed by atoms with Crippen molar-refractivity contribution in [3.63, 3.8) is 0 Å². The second-order valence-corrected chi connectivity index (χ2v) is 4.13. The average Bonchev–Trinajstić information content (AvgIpc) is 1.87. The van der Waals surface area contributed by atoms with Gasteiger partial charge < -0.3 is 4.74 Å². The van der Waals surface area contributed by atoms with Gasteiger partial charge in [0.1, 0.15) is 0 Å². The summed E-state index contributed by atoms with van der Waals surface area (Å²) in [4.78, 5) is 0. The zero-order valence-electron chi connectivity index (χ0n) is 6.96. The first-order chi connectivity index (χ1) is 5.12. The van der Waals surface area contributed by atoms with Crippen LogP contribution in [0.1, 0.15) is 13.3 Å². The molecule has 0 spiro atoms. The molecule has 68 valence electrons. The molecule has 0 aliphatic carbocycles. The van der Waals surface area contributed by atoms with Gasteiger partial charge in [0.05, 0.1) is 12.4 Å². The summed E-state index contributed by atoms with van der Waals surface area (Å²) >= 11 is 0. The van der Waals surface area contributed by atoms with Gasteiger partial charge in [0.15, 0.2) is 0 Å². The predicted molar refractivity (Wildman–Crippen MR) is 44.0 cm³/mol. The topological polar surface area (TPSA) is 55.4 Å². The number of hydrogen-bond donors (Lipinski definition) is 1. The van der Waals surface area contributed by atoms with Crippen LogP contribution in [-0.2, 0) is 14.8 Å². The van der Waals surface area contributed by atoms with Crippen molar-refractivity contribution in [2.45, 2.75) is 13.3 Å². The average molecular weight is 181 g/mol. The van der Waals surface area contributed by atoms with Gasteiger partial charge in [-0.2, -0.15) is 0 Å². The molecular formula is C6H15NO3S. The number of hydrogen-bond acceptors (Lipinski definition) is 3. The SMILES string of the molecule is CCCS(=O)(=O)NCCOC. The Labute approximate surface area is 68.0 Å². The van der Waals surface area contributed by atoms with Crippen LogP contribution in [0.25, 0.3) is 0 Å². The maximum absolute atomic E-state index is 10.9. The van der Waals surface area contributed by atoms with Gasteiger partial charge in [-0.3, -0.25) is 0 Å². The highest BCUT2D eigenvalue weighted by molar-refractivity contribution is 7.89. The van der Waals surface area contributed by atoms with Gasteiger partial charge in [-0.1, -0.05) is 6.92 Å². The Bertz CT molecular complexity index is 176. The lowest BCUT2D eigenvalue weighted by molar-refractivity contribution is 0.204. The number of nitrogens with one attached hydrogen (secondary N) is 1. The summed E-state index contributed by atoms with van der Waals surface area (Å²) in [5.74, 6) is 0.191. The van der Waals surface area contributed by atoms with Crippen LogP contribution in [0.5, 0.6) is 0 Å². The van der Waals surface area contributed by atoms with E-state index < -0.39 is 10.0 Å². The van der Waals surface area contributed by atoms with Crippen LogP contribution >= 0.6 is 0 Å². The molecule has 0 amide bonds. The molecule has 0 bridgehead atoms. The highest BCUT2D eigenvalue weighted by Crippen LogP contribution is 1.86. The summed E-state index contributed by atoms with van der Waals surface area (Å²) < 4.78 is 29.0. The van der Waals surface area contributed by atoms with Crippen molar-refractivity contribution < 1.29 is 13.2 Å². The number of ether oxygens (including phenoxy) is 1. The molecule has 0 aromatic carbocycles. The molecule has 0 atom stereocenters. The minimum atomic E-state index is -3.03. The Morgan fingerprint density at radius 1 is 1.45 bits per heavy atom. The van der Waals surface area contributed by atoms with Crippen molar-refractivity contribution in [2.75, 3.05) is 26.0 Å². The second kappa shape index (κ2) is 5.51. The van der Waals surface area contributed by atoms with Gasteiger partial charge in [-0.25, -0.2) is 13.1 Å². The van der Waals surface area contributed by atoms with Gasteiger partial charge in [0, 0.05) is 13.7 Å². The Hall–Kier alpha value is -0.130. The Morgan fingerprint density at radius 2 is 2.09 bits per heavy atom. The lowest BCUT2D eigenvalue weighted by Crippen LogP contribution is -2.29. The molecule has 0 radical (unpaired) electrons. The molecule has 0 aliphatic heterocycles. The molecular weight excluding hydrogens is 166 g/mol. The van der Waals surface area contributed by atoms with Crippen molar-refractivity contribution >= 4 is 10.0 Å². The molecule has 0 aromatic rings. The summed E-state index contributed by atoms with van der Waals surface area (Å²) in [6.07, 6.45) is 0.641. The van der Waals surface area contributed by atoms with E-state index in [0.29, 0.717) is 19.6 Å². The first-order valence-electron chi connectivity index (χ1n) is 3.58. The third-order valence-corrected chi connectivity index (χ3v) is 2.69. The van der Waals surface area contributed by atoms with Crippen molar-refractivity contribution in [2.24, 2.45) is 0 Å². The standard InChI is InChI=1S/C6H15NO3S/c1-3-6-11(8,9)7-4-5-10-2/h7H,3-6H2,1-2H3. The summed E-state index contributed by atoms with van der Waals surface area (Å²) in [7, 11) is -1.50. The van der Waals surface area contributed by atoms with Crippen LogP contribution in [-0.4, -0.2) is 34.4 Å². The lowest BCUT2D eigenvalue weighted by Gasteiger charge is -2.03. The van der Waals surface area contributed by atoms with Crippen molar-refractivity contribution in [1.82, 2.24) is 4.72 Å². The van der Waals surface area contributed by atoms with Crippen LogP contribution in [0.15, 0.2) is 0 Å². The van der Waals surface area contributed by atoms with Gasteiger partial charge >= 0.3 is 0 Å². The van der Waals surface area contributed by atoms with Crippen LogP contribution < -0.4 is 4.72 Å². The van der Waals surface area contributed by atoms with Crippen LogP contribution in [0, 0.1) is 0 Å². The monoisotopic (exact) mass is 181 g/mol. The summed E-state index contributed by atoms with van der Waals surface area (Å²) in [5.41, 5.74) is 0. The molecule has 11 heavy (non-hydrogen) atoms. The van der Waals surface area contributed by atoms with Crippen LogP contribution in [0.2, 0.25) is 0 Å². The van der Waals surface area contributed by atoms with Crippen LogP contribution in [0.4, 0.5) is 0 Å². The maximum Gasteiger partial charge on any atom is 0.211 e. The molecule has 0 aliphatic rings. The maximum atomic E-state index is 10.9. The highest BCUT2D eigenvalue weighted by Gasteiger charge is 2.05. The number of sulfonamides is 1. The fraction of sp³-hybridized carbons (Fsp3) is 1.00. The minimum absolute atomic E-state index is 0.191. The predicted octanol–water partition coefficient (Wildman–Crippen LogP) is -0.0378. The van der Waals surface area contributed by atoms with Crippen molar-refractivity contribution in [1.29, 1.82) is 0 Å². The van der Waals surface area contributed by atoms with Crippen molar-refractivity contribution in [3.8, 4) is 0 Å². The fourth-order valence-corrected chi connectivity index (χ4v) is 1.72. The quantitative estimate of drug-likeness (QED) is 0.585. The molecule has 0 unspecified atom stereocenters. The van der Waals surface area contributed by atoms with E-state index in [1.807, 2.05) is 6.92 Å². The molecule has 4 nitrogen and oxygen atoms in total. The second-order valence-electron chi connectivity index (χ2n) is 2.21. The Morgan fingerprint density at radius 3 is 2.55 bits per heavy atom. The van der Waals surface area contributed by atoms with E-state index in [4.69, 9.17) is 0 Å². The summed E-state index contributed by atoms with van der Waals surface area (Å²) in [6, 6.07) is 0. The molecule has 0 rings (SSSR count). The molecule has 0 saturated heterocycles. The third kappa shape index (κ3) is 6.28. The number of methoxy groups -OCH3 is 1. The third-order valence-electron chi connectivity index (χ3n) is 1.10. The lowest BCUT2D eigenvalue weighted by atomic mass is 10.6. The normalized spacial score (nSPS) is 11.8. The summed E-state index contributed by atoms with van der Waals surface area (Å²) in [6.45, 7) is 2.61. The highest BCUT2D eigenvalue weighted by atomic mass is 32.2. The van der Waals surface area contributed by atoms with E-state index in [1.54, 1.807) is 0 Å². The van der Waals surface area contributed by atoms with E-state index in [0.717, 1.165) is 0 Å². The van der Waals surface area contributed by atoms with Gasteiger partial charge in [0.25, 0.3) is 0 Å². The van der Waals surface area contributed by atoms with Gasteiger partial charge in [0.2, 0.25) is 10.0 Å². The zero-order valence-corrected chi connectivity index (χ0v) is 7.78. The largest absolute Gasteiger partial charge is 0.383 e. The van der Waals surface area contributed by atoms with Crippen LogP contribution in [0.3, 0.4) is 0 Å². The molecule has 0 fully saturated rings. The smallest absolute Gasteiger partial charge is 0.211 e. The van der Waals surface area contributed by atoms with Gasteiger partial charge in [-0.05, 0) is 6.42 Å². The Balaban J connectivity index is 3.56. The van der Waals surface area contributed by atoms with E-state index >= 15 is 0 Å². The minimum Gasteiger partial charge on any atom is -0.383 e. The zero-order chi connectivity index (χ0) is 8.74. The van der Waals surface area contributed by atoms with Crippen molar-refractivity contribution in [3.05, 3.63) is 0 Å². The summed E-state index contributed by atoms with van der Waals surface area (Å²) in [5, 5.41) is 0. The van der Waals surface area contributed by atoms with Gasteiger partial charge in [-0.15, -0.1) is 0 Å².